The highest BCUT2D eigenvalue weighted by Gasteiger charge is 2.38. The fourth-order valence-corrected chi connectivity index (χ4v) is 5.24. The van der Waals surface area contributed by atoms with Gasteiger partial charge >= 0.3 is 5.97 Å². The number of carboxylic acid groups (broad SMARTS) is 1. The normalized spacial score (nSPS) is 22.7. The van der Waals surface area contributed by atoms with Gasteiger partial charge in [-0.05, 0) is 57.9 Å². The second-order valence-electron chi connectivity index (χ2n) is 7.29. The average Bonchev–Trinajstić information content (AvgIpc) is 2.94. The first-order valence-corrected chi connectivity index (χ1v) is 9.74. The third-order valence-electron chi connectivity index (χ3n) is 5.57. The van der Waals surface area contributed by atoms with Crippen molar-refractivity contribution >= 4 is 34.1 Å². The van der Waals surface area contributed by atoms with Crippen LogP contribution in [0.1, 0.15) is 60.3 Å². The van der Waals surface area contributed by atoms with Crippen LogP contribution in [-0.4, -0.2) is 22.9 Å². The molecule has 2 atom stereocenters. The molecule has 0 aliphatic heterocycles. The van der Waals surface area contributed by atoms with Gasteiger partial charge in [-0.25, -0.2) is 0 Å². The van der Waals surface area contributed by atoms with E-state index in [1.807, 2.05) is 13.8 Å². The third kappa shape index (κ3) is 3.40. The molecule has 2 unspecified atom stereocenters. The number of rotatable bonds is 4. The van der Waals surface area contributed by atoms with Gasteiger partial charge in [-0.3, -0.25) is 14.4 Å². The van der Waals surface area contributed by atoms with Crippen LogP contribution in [0.5, 0.6) is 0 Å². The summed E-state index contributed by atoms with van der Waals surface area (Å²) in [4.78, 5) is 37.6. The number of carbonyl (C=O) groups excluding carboxylic acids is 2. The number of carbonyl (C=O) groups is 3. The maximum atomic E-state index is 12.9. The molecule has 2 amide bonds. The van der Waals surface area contributed by atoms with Crippen molar-refractivity contribution in [1.29, 1.82) is 0 Å². The Morgan fingerprint density at radius 2 is 1.69 bits per heavy atom. The van der Waals surface area contributed by atoms with Gasteiger partial charge in [-0.2, -0.15) is 0 Å². The number of anilines is 1. The first-order valence-electron chi connectivity index (χ1n) is 8.92. The highest BCUT2D eigenvalue weighted by Crippen LogP contribution is 2.40. The highest BCUT2D eigenvalue weighted by atomic mass is 32.1. The second kappa shape index (κ2) is 7.23. The molecule has 26 heavy (non-hydrogen) atoms. The standard InChI is InChI=1S/C19H24N2O4S/c1-9-7-12(13(19(24)25)8-10(9)2)17(23)21-18-15(16(20)22)11-5-3-4-6-14(11)26-18/h12-13H,3-8H2,1-2H3,(H2,20,22)(H,21,23)(H,24,25). The van der Waals surface area contributed by atoms with Gasteiger partial charge < -0.3 is 16.2 Å². The topological polar surface area (TPSA) is 109 Å². The van der Waals surface area contributed by atoms with E-state index in [-0.39, 0.29) is 5.91 Å². The highest BCUT2D eigenvalue weighted by molar-refractivity contribution is 7.17. The van der Waals surface area contributed by atoms with Crippen molar-refractivity contribution in [3.8, 4) is 0 Å². The van der Waals surface area contributed by atoms with E-state index in [9.17, 15) is 19.5 Å². The van der Waals surface area contributed by atoms with Gasteiger partial charge in [-0.15, -0.1) is 11.3 Å². The van der Waals surface area contributed by atoms with Crippen molar-refractivity contribution in [2.24, 2.45) is 17.6 Å². The van der Waals surface area contributed by atoms with E-state index in [4.69, 9.17) is 5.73 Å². The van der Waals surface area contributed by atoms with Crippen LogP contribution in [0.25, 0.3) is 0 Å². The summed E-state index contributed by atoms with van der Waals surface area (Å²) in [5, 5.41) is 12.8. The van der Waals surface area contributed by atoms with Crippen LogP contribution < -0.4 is 11.1 Å². The van der Waals surface area contributed by atoms with Crippen LogP contribution in [0.15, 0.2) is 11.1 Å². The van der Waals surface area contributed by atoms with Gasteiger partial charge in [0.25, 0.3) is 5.91 Å². The van der Waals surface area contributed by atoms with Crippen molar-refractivity contribution < 1.29 is 19.5 Å². The number of fused-ring (bicyclic) bond motifs is 1. The number of aryl methyl sites for hydroxylation is 1. The van der Waals surface area contributed by atoms with Crippen LogP contribution in [0, 0.1) is 11.8 Å². The van der Waals surface area contributed by atoms with E-state index in [0.29, 0.717) is 23.4 Å². The molecule has 2 aliphatic rings. The van der Waals surface area contributed by atoms with Crippen LogP contribution >= 0.6 is 11.3 Å². The molecule has 140 valence electrons. The number of amides is 2. The summed E-state index contributed by atoms with van der Waals surface area (Å²) < 4.78 is 0. The molecule has 1 aromatic heterocycles. The van der Waals surface area contributed by atoms with E-state index < -0.39 is 23.7 Å². The Morgan fingerprint density at radius 3 is 2.31 bits per heavy atom. The summed E-state index contributed by atoms with van der Waals surface area (Å²) in [6.45, 7) is 3.85. The first-order chi connectivity index (χ1) is 12.3. The van der Waals surface area contributed by atoms with Crippen molar-refractivity contribution in [3.05, 3.63) is 27.2 Å². The Morgan fingerprint density at radius 1 is 1.08 bits per heavy atom. The Kier molecular flexibility index (Phi) is 5.18. The van der Waals surface area contributed by atoms with Gasteiger partial charge in [0, 0.05) is 4.88 Å². The number of hydrogen-bond donors (Lipinski definition) is 3. The lowest BCUT2D eigenvalue weighted by Gasteiger charge is -2.29. The van der Waals surface area contributed by atoms with Crippen LogP contribution in [0.3, 0.4) is 0 Å². The van der Waals surface area contributed by atoms with Gasteiger partial charge in [0.05, 0.1) is 17.4 Å². The molecule has 0 radical (unpaired) electrons. The van der Waals surface area contributed by atoms with Gasteiger partial charge in [0.2, 0.25) is 5.91 Å². The molecule has 0 spiro atoms. The summed E-state index contributed by atoms with van der Waals surface area (Å²) in [6.07, 6.45) is 4.55. The monoisotopic (exact) mass is 376 g/mol. The summed E-state index contributed by atoms with van der Waals surface area (Å²) in [5.74, 6) is -3.23. The molecular weight excluding hydrogens is 352 g/mol. The predicted octanol–water partition coefficient (Wildman–Crippen LogP) is 3.11. The summed E-state index contributed by atoms with van der Waals surface area (Å²) >= 11 is 1.40. The molecule has 6 nitrogen and oxygen atoms in total. The SMILES string of the molecule is CC1=C(C)CC(C(=O)Nc2sc3c(c2C(N)=O)CCCC3)C(C(=O)O)C1. The number of thiophene rings is 1. The zero-order chi connectivity index (χ0) is 19.0. The molecule has 0 aromatic carbocycles. The van der Waals surface area contributed by atoms with E-state index in [1.165, 1.54) is 11.3 Å². The number of hydrogen-bond acceptors (Lipinski definition) is 4. The zero-order valence-corrected chi connectivity index (χ0v) is 15.9. The second-order valence-corrected chi connectivity index (χ2v) is 8.39. The largest absolute Gasteiger partial charge is 0.481 e. The number of primary amides is 1. The van der Waals surface area contributed by atoms with Crippen molar-refractivity contribution in [1.82, 2.24) is 0 Å². The van der Waals surface area contributed by atoms with Gasteiger partial charge in [-0.1, -0.05) is 11.1 Å². The van der Waals surface area contributed by atoms with Gasteiger partial charge in [0.15, 0.2) is 0 Å². The van der Waals surface area contributed by atoms with Crippen LogP contribution in [0.2, 0.25) is 0 Å². The molecule has 1 aromatic rings. The lowest BCUT2D eigenvalue weighted by molar-refractivity contribution is -0.146. The van der Waals surface area contributed by atoms with E-state index in [2.05, 4.69) is 5.32 Å². The summed E-state index contributed by atoms with van der Waals surface area (Å²) in [5.41, 5.74) is 9.02. The number of carboxylic acids is 1. The Balaban J connectivity index is 1.89. The molecule has 0 fully saturated rings. The van der Waals surface area contributed by atoms with Gasteiger partial charge in [0.1, 0.15) is 5.00 Å². The Labute approximate surface area is 156 Å². The fraction of sp³-hybridized carbons (Fsp3) is 0.526. The molecule has 0 saturated carbocycles. The molecule has 7 heteroatoms. The number of aliphatic carboxylic acids is 1. The summed E-state index contributed by atoms with van der Waals surface area (Å²) in [6, 6.07) is 0. The number of nitrogens with two attached hydrogens (primary N) is 1. The van der Waals surface area contributed by atoms with Crippen LogP contribution in [-0.2, 0) is 22.4 Å². The molecule has 4 N–H and O–H groups in total. The lowest BCUT2D eigenvalue weighted by Crippen LogP contribution is -2.36. The number of nitrogens with one attached hydrogen (secondary N) is 1. The van der Waals surface area contributed by atoms with E-state index >= 15 is 0 Å². The Bertz CT molecular complexity index is 809. The third-order valence-corrected chi connectivity index (χ3v) is 6.78. The predicted molar refractivity (Wildman–Crippen MR) is 100 cm³/mol. The Hall–Kier alpha value is -2.15. The quantitative estimate of drug-likeness (QED) is 0.701. The molecule has 1 heterocycles. The lowest BCUT2D eigenvalue weighted by atomic mass is 9.76. The smallest absolute Gasteiger partial charge is 0.307 e. The minimum absolute atomic E-state index is 0.342. The molecular formula is C19H24N2O4S. The average molecular weight is 376 g/mol. The summed E-state index contributed by atoms with van der Waals surface area (Å²) in [7, 11) is 0. The molecule has 3 rings (SSSR count). The number of allylic oxidation sites excluding steroid dienone is 2. The van der Waals surface area contributed by atoms with E-state index in [0.717, 1.165) is 47.3 Å². The minimum Gasteiger partial charge on any atom is -0.481 e. The maximum absolute atomic E-state index is 12.9. The van der Waals surface area contributed by atoms with Crippen molar-refractivity contribution in [2.45, 2.75) is 52.4 Å². The molecule has 2 aliphatic carbocycles. The van der Waals surface area contributed by atoms with Crippen molar-refractivity contribution in [2.75, 3.05) is 5.32 Å². The van der Waals surface area contributed by atoms with Crippen LogP contribution in [0.4, 0.5) is 5.00 Å². The minimum atomic E-state index is -0.961. The molecule has 0 bridgehead atoms. The van der Waals surface area contributed by atoms with E-state index in [1.54, 1.807) is 0 Å². The first kappa shape index (κ1) is 18.6. The zero-order valence-electron chi connectivity index (χ0n) is 15.1. The molecule has 0 saturated heterocycles. The maximum Gasteiger partial charge on any atom is 0.307 e. The van der Waals surface area contributed by atoms with Crippen molar-refractivity contribution in [3.63, 3.8) is 0 Å². The fourth-order valence-electron chi connectivity index (χ4n) is 3.95.